The summed E-state index contributed by atoms with van der Waals surface area (Å²) in [5.41, 5.74) is 1.91. The van der Waals surface area contributed by atoms with Crippen molar-refractivity contribution < 1.29 is 4.39 Å². The van der Waals surface area contributed by atoms with E-state index < -0.39 is 0 Å². The summed E-state index contributed by atoms with van der Waals surface area (Å²) in [4.78, 5) is 0. The molecule has 1 atom stereocenters. The summed E-state index contributed by atoms with van der Waals surface area (Å²) in [6.45, 7) is 5.78. The molecule has 0 fully saturated rings. The van der Waals surface area contributed by atoms with Crippen molar-refractivity contribution in [3.05, 3.63) is 52.6 Å². The first-order chi connectivity index (χ1) is 9.67. The fourth-order valence-corrected chi connectivity index (χ4v) is 2.53. The van der Waals surface area contributed by atoms with Crippen LogP contribution in [0, 0.1) is 5.82 Å². The average Bonchev–Trinajstić information content (AvgIpc) is 2.89. The second kappa shape index (κ2) is 6.86. The van der Waals surface area contributed by atoms with Gasteiger partial charge in [-0.2, -0.15) is 5.10 Å². The van der Waals surface area contributed by atoms with Gasteiger partial charge in [0, 0.05) is 17.8 Å². The highest BCUT2D eigenvalue weighted by molar-refractivity contribution is 6.31. The van der Waals surface area contributed by atoms with Gasteiger partial charge < -0.3 is 5.32 Å². The number of hydrogen-bond donors (Lipinski definition) is 1. The maximum absolute atomic E-state index is 13.2. The highest BCUT2D eigenvalue weighted by Crippen LogP contribution is 2.29. The lowest BCUT2D eigenvalue weighted by molar-refractivity contribution is 0.529. The van der Waals surface area contributed by atoms with E-state index in [1.807, 2.05) is 17.7 Å². The summed E-state index contributed by atoms with van der Waals surface area (Å²) in [5, 5.41) is 8.18. The van der Waals surface area contributed by atoms with Crippen molar-refractivity contribution in [2.24, 2.45) is 0 Å². The first-order valence-corrected chi connectivity index (χ1v) is 7.25. The van der Waals surface area contributed by atoms with Crippen LogP contribution in [0.3, 0.4) is 0 Å². The van der Waals surface area contributed by atoms with E-state index in [0.29, 0.717) is 5.02 Å². The Hall–Kier alpha value is -1.39. The van der Waals surface area contributed by atoms with E-state index >= 15 is 0 Å². The molecule has 1 aromatic heterocycles. The third kappa shape index (κ3) is 3.19. The van der Waals surface area contributed by atoms with Crippen molar-refractivity contribution >= 4 is 11.6 Å². The number of benzene rings is 1. The molecule has 20 heavy (non-hydrogen) atoms. The Morgan fingerprint density at radius 1 is 1.35 bits per heavy atom. The maximum atomic E-state index is 13.2. The standard InChI is InChI=1S/C15H19ClFN3/c1-3-8-18-15(14-7-9-19-20(14)4-2)12-6-5-11(17)10-13(12)16/h5-7,9-10,15,18H,3-4,8H2,1-2H3. The Balaban J connectivity index is 2.41. The highest BCUT2D eigenvalue weighted by Gasteiger charge is 2.20. The number of hydrogen-bond acceptors (Lipinski definition) is 2. The summed E-state index contributed by atoms with van der Waals surface area (Å²) in [6.07, 6.45) is 2.78. The van der Waals surface area contributed by atoms with E-state index in [-0.39, 0.29) is 11.9 Å². The molecule has 1 aromatic carbocycles. The number of aryl methyl sites for hydroxylation is 1. The zero-order chi connectivity index (χ0) is 14.5. The van der Waals surface area contributed by atoms with E-state index in [1.165, 1.54) is 12.1 Å². The zero-order valence-corrected chi connectivity index (χ0v) is 12.5. The predicted octanol–water partition coefficient (Wildman–Crippen LogP) is 3.78. The first kappa shape index (κ1) is 15.0. The van der Waals surface area contributed by atoms with E-state index in [2.05, 4.69) is 17.3 Å². The molecule has 5 heteroatoms. The summed E-state index contributed by atoms with van der Waals surface area (Å²) >= 11 is 6.21. The fraction of sp³-hybridized carbons (Fsp3) is 0.400. The van der Waals surface area contributed by atoms with Gasteiger partial charge in [0.1, 0.15) is 5.82 Å². The molecule has 0 saturated carbocycles. The third-order valence-corrected chi connectivity index (χ3v) is 3.54. The molecule has 2 aromatic rings. The van der Waals surface area contributed by atoms with Crippen LogP contribution in [-0.4, -0.2) is 16.3 Å². The van der Waals surface area contributed by atoms with Crippen molar-refractivity contribution in [3.63, 3.8) is 0 Å². The molecule has 0 bridgehead atoms. The lowest BCUT2D eigenvalue weighted by Gasteiger charge is -2.21. The number of rotatable bonds is 6. The predicted molar refractivity (Wildman–Crippen MR) is 79.4 cm³/mol. The van der Waals surface area contributed by atoms with Crippen molar-refractivity contribution in [2.75, 3.05) is 6.54 Å². The summed E-state index contributed by atoms with van der Waals surface area (Å²) in [5.74, 6) is -0.322. The number of nitrogens with zero attached hydrogens (tertiary/aromatic N) is 2. The molecule has 1 N–H and O–H groups in total. The van der Waals surface area contributed by atoms with E-state index in [4.69, 9.17) is 11.6 Å². The van der Waals surface area contributed by atoms with Crippen LogP contribution in [0.2, 0.25) is 5.02 Å². The smallest absolute Gasteiger partial charge is 0.124 e. The number of aromatic nitrogens is 2. The van der Waals surface area contributed by atoms with Gasteiger partial charge in [-0.25, -0.2) is 4.39 Å². The first-order valence-electron chi connectivity index (χ1n) is 6.87. The van der Waals surface area contributed by atoms with Crippen molar-refractivity contribution in [3.8, 4) is 0 Å². The van der Waals surface area contributed by atoms with Crippen LogP contribution in [0.5, 0.6) is 0 Å². The monoisotopic (exact) mass is 295 g/mol. The Bertz CT molecular complexity index is 568. The minimum atomic E-state index is -0.322. The minimum absolute atomic E-state index is 0.0782. The Labute approximate surface area is 123 Å². The van der Waals surface area contributed by atoms with Gasteiger partial charge in [0.05, 0.1) is 11.7 Å². The summed E-state index contributed by atoms with van der Waals surface area (Å²) < 4.78 is 15.2. The van der Waals surface area contributed by atoms with Gasteiger partial charge in [-0.15, -0.1) is 0 Å². The maximum Gasteiger partial charge on any atom is 0.124 e. The van der Waals surface area contributed by atoms with Crippen LogP contribution in [-0.2, 0) is 6.54 Å². The van der Waals surface area contributed by atoms with Crippen molar-refractivity contribution in [1.29, 1.82) is 0 Å². The molecule has 1 heterocycles. The van der Waals surface area contributed by atoms with Crippen LogP contribution in [0.15, 0.2) is 30.5 Å². The summed E-state index contributed by atoms with van der Waals surface area (Å²) in [7, 11) is 0. The van der Waals surface area contributed by atoms with Gasteiger partial charge in [0.15, 0.2) is 0 Å². The van der Waals surface area contributed by atoms with E-state index in [0.717, 1.165) is 30.8 Å². The van der Waals surface area contributed by atoms with Crippen molar-refractivity contribution in [1.82, 2.24) is 15.1 Å². The lowest BCUT2D eigenvalue weighted by Crippen LogP contribution is -2.26. The summed E-state index contributed by atoms with van der Waals surface area (Å²) in [6, 6.07) is 6.41. The van der Waals surface area contributed by atoms with Gasteiger partial charge in [-0.05, 0) is 43.7 Å². The van der Waals surface area contributed by atoms with Gasteiger partial charge in [-0.3, -0.25) is 4.68 Å². The molecule has 0 aliphatic heterocycles. The normalized spacial score (nSPS) is 12.6. The van der Waals surface area contributed by atoms with Crippen molar-refractivity contribution in [2.45, 2.75) is 32.9 Å². The number of halogens is 2. The van der Waals surface area contributed by atoms with E-state index in [1.54, 1.807) is 12.3 Å². The highest BCUT2D eigenvalue weighted by atomic mass is 35.5. The third-order valence-electron chi connectivity index (χ3n) is 3.22. The molecular formula is C15H19ClFN3. The average molecular weight is 296 g/mol. The van der Waals surface area contributed by atoms with Crippen LogP contribution in [0.1, 0.15) is 37.6 Å². The quantitative estimate of drug-likeness (QED) is 0.879. The van der Waals surface area contributed by atoms with Gasteiger partial charge in [0.2, 0.25) is 0 Å². The molecular weight excluding hydrogens is 277 g/mol. The molecule has 0 saturated heterocycles. The largest absolute Gasteiger partial charge is 0.305 e. The minimum Gasteiger partial charge on any atom is -0.305 e. The number of nitrogens with one attached hydrogen (secondary N) is 1. The van der Waals surface area contributed by atoms with Crippen LogP contribution in [0.4, 0.5) is 4.39 Å². The molecule has 1 unspecified atom stereocenters. The van der Waals surface area contributed by atoms with Gasteiger partial charge >= 0.3 is 0 Å². The zero-order valence-electron chi connectivity index (χ0n) is 11.7. The Morgan fingerprint density at radius 3 is 2.80 bits per heavy atom. The molecule has 0 amide bonds. The topological polar surface area (TPSA) is 29.9 Å². The molecule has 0 aliphatic carbocycles. The van der Waals surface area contributed by atoms with Crippen LogP contribution in [0.25, 0.3) is 0 Å². The molecule has 0 spiro atoms. The molecule has 2 rings (SSSR count). The van der Waals surface area contributed by atoms with Gasteiger partial charge in [-0.1, -0.05) is 24.6 Å². The fourth-order valence-electron chi connectivity index (χ4n) is 2.25. The second-order valence-electron chi connectivity index (χ2n) is 4.62. The van der Waals surface area contributed by atoms with Crippen LogP contribution >= 0.6 is 11.6 Å². The molecule has 0 aliphatic rings. The Morgan fingerprint density at radius 2 is 2.15 bits per heavy atom. The Kier molecular flexibility index (Phi) is 5.15. The SMILES string of the molecule is CCCNC(c1ccc(F)cc1Cl)c1ccnn1CC. The molecule has 0 radical (unpaired) electrons. The lowest BCUT2D eigenvalue weighted by atomic mass is 10.0. The molecule has 3 nitrogen and oxygen atoms in total. The van der Waals surface area contributed by atoms with E-state index in [9.17, 15) is 4.39 Å². The van der Waals surface area contributed by atoms with Crippen LogP contribution < -0.4 is 5.32 Å². The second-order valence-corrected chi connectivity index (χ2v) is 5.03. The van der Waals surface area contributed by atoms with Gasteiger partial charge in [0.25, 0.3) is 0 Å². The molecule has 108 valence electrons.